The molecule has 0 radical (unpaired) electrons. The van der Waals surface area contributed by atoms with Gasteiger partial charge < -0.3 is 14.9 Å². The number of aliphatic hydroxyl groups excluding tert-OH is 1. The molecule has 2 rings (SSSR count). The van der Waals surface area contributed by atoms with Crippen LogP contribution >= 0.6 is 0 Å². The van der Waals surface area contributed by atoms with Gasteiger partial charge in [0.1, 0.15) is 6.04 Å². The van der Waals surface area contributed by atoms with Gasteiger partial charge in [0, 0.05) is 13.0 Å². The standard InChI is InChI=1S/C12H14FNO6S/c1-20-11-3-2-8(5-9(11)13)21(18,19)14-6-7(15)4-10(14)12(16)17/h2-3,5,7,10,15H,4,6H2,1H3,(H,16,17)/t7-,10+/m1/s1. The third kappa shape index (κ3) is 2.85. The molecule has 7 nitrogen and oxygen atoms in total. The predicted molar refractivity (Wildman–Crippen MR) is 68.9 cm³/mol. The van der Waals surface area contributed by atoms with Gasteiger partial charge in [-0.1, -0.05) is 0 Å². The topological polar surface area (TPSA) is 104 Å². The second-order valence-corrected chi connectivity index (χ2v) is 6.51. The molecule has 0 amide bonds. The van der Waals surface area contributed by atoms with E-state index in [-0.39, 0.29) is 23.6 Å². The second kappa shape index (κ2) is 5.58. The van der Waals surface area contributed by atoms with Gasteiger partial charge in [-0.2, -0.15) is 4.31 Å². The third-order valence-electron chi connectivity index (χ3n) is 3.25. The number of rotatable bonds is 4. The average Bonchev–Trinajstić information content (AvgIpc) is 2.81. The minimum atomic E-state index is -4.22. The first-order chi connectivity index (χ1) is 9.77. The SMILES string of the molecule is COc1ccc(S(=O)(=O)N2C[C@H](O)C[C@H]2C(=O)O)cc1F. The fourth-order valence-corrected chi connectivity index (χ4v) is 3.86. The molecule has 1 aliphatic rings. The molecule has 9 heteroatoms. The number of sulfonamides is 1. The summed E-state index contributed by atoms with van der Waals surface area (Å²) in [5.74, 6) is -2.35. The monoisotopic (exact) mass is 319 g/mol. The Hall–Kier alpha value is -1.71. The molecule has 1 fully saturated rings. The Balaban J connectivity index is 2.42. The van der Waals surface area contributed by atoms with Gasteiger partial charge in [-0.05, 0) is 18.2 Å². The summed E-state index contributed by atoms with van der Waals surface area (Å²) in [4.78, 5) is 10.7. The van der Waals surface area contributed by atoms with Gasteiger partial charge in [0.2, 0.25) is 10.0 Å². The lowest BCUT2D eigenvalue weighted by atomic mass is 10.2. The quantitative estimate of drug-likeness (QED) is 0.812. The molecule has 2 atom stereocenters. The summed E-state index contributed by atoms with van der Waals surface area (Å²) >= 11 is 0. The number of aliphatic carboxylic acids is 1. The van der Waals surface area contributed by atoms with Crippen LogP contribution in [0.4, 0.5) is 4.39 Å². The highest BCUT2D eigenvalue weighted by molar-refractivity contribution is 7.89. The van der Waals surface area contributed by atoms with E-state index in [0.29, 0.717) is 4.31 Å². The fourth-order valence-electron chi connectivity index (χ4n) is 2.22. The molecular formula is C12H14FNO6S. The van der Waals surface area contributed by atoms with Crippen molar-refractivity contribution in [3.63, 3.8) is 0 Å². The van der Waals surface area contributed by atoms with Crippen molar-refractivity contribution in [1.29, 1.82) is 0 Å². The van der Waals surface area contributed by atoms with Crippen LogP contribution in [-0.2, 0) is 14.8 Å². The number of ether oxygens (including phenoxy) is 1. The molecule has 1 heterocycles. The van der Waals surface area contributed by atoms with Gasteiger partial charge in [0.05, 0.1) is 18.1 Å². The first-order valence-corrected chi connectivity index (χ1v) is 7.47. The first-order valence-electron chi connectivity index (χ1n) is 6.03. The number of methoxy groups -OCH3 is 1. The van der Waals surface area contributed by atoms with Gasteiger partial charge in [-0.3, -0.25) is 4.79 Å². The van der Waals surface area contributed by atoms with Crippen molar-refractivity contribution in [2.75, 3.05) is 13.7 Å². The highest BCUT2D eigenvalue weighted by Gasteiger charge is 2.43. The molecule has 1 aliphatic heterocycles. The van der Waals surface area contributed by atoms with Crippen molar-refractivity contribution in [3.05, 3.63) is 24.0 Å². The number of carboxylic acid groups (broad SMARTS) is 1. The number of β-amino-alcohol motifs (C(OH)–C–C–N with tert-alkyl or cyclic N) is 1. The molecule has 0 bridgehead atoms. The molecule has 0 aliphatic carbocycles. The number of aliphatic hydroxyl groups is 1. The highest BCUT2D eigenvalue weighted by atomic mass is 32.2. The molecule has 21 heavy (non-hydrogen) atoms. The summed E-state index contributed by atoms with van der Waals surface area (Å²) in [6.07, 6.45) is -1.27. The maximum Gasteiger partial charge on any atom is 0.322 e. The van der Waals surface area contributed by atoms with Crippen LogP contribution in [0.15, 0.2) is 23.1 Å². The van der Waals surface area contributed by atoms with Gasteiger partial charge in [-0.15, -0.1) is 0 Å². The molecule has 0 unspecified atom stereocenters. The predicted octanol–water partition coefficient (Wildman–Crippen LogP) is 0.0428. The van der Waals surface area contributed by atoms with Crippen LogP contribution in [-0.4, -0.2) is 54.7 Å². The summed E-state index contributed by atoms with van der Waals surface area (Å²) in [6.45, 7) is -0.340. The lowest BCUT2D eigenvalue weighted by Crippen LogP contribution is -2.40. The lowest BCUT2D eigenvalue weighted by Gasteiger charge is -2.20. The Kier molecular flexibility index (Phi) is 4.17. The number of benzene rings is 1. The Labute approximate surface area is 120 Å². The molecular weight excluding hydrogens is 305 g/mol. The molecule has 1 aromatic rings. The maximum absolute atomic E-state index is 13.6. The summed E-state index contributed by atoms with van der Waals surface area (Å²) in [5, 5.41) is 18.5. The Morgan fingerprint density at radius 3 is 2.67 bits per heavy atom. The zero-order chi connectivity index (χ0) is 15.8. The smallest absolute Gasteiger partial charge is 0.322 e. The molecule has 0 saturated carbocycles. The first kappa shape index (κ1) is 15.7. The number of carbonyl (C=O) groups is 1. The largest absolute Gasteiger partial charge is 0.494 e. The molecule has 0 aromatic heterocycles. The summed E-state index contributed by atoms with van der Waals surface area (Å²) in [7, 11) is -2.98. The van der Waals surface area contributed by atoms with E-state index in [1.807, 2.05) is 0 Å². The summed E-state index contributed by atoms with van der Waals surface area (Å²) < 4.78 is 43.8. The fraction of sp³-hybridized carbons (Fsp3) is 0.417. The van der Waals surface area contributed by atoms with E-state index in [1.165, 1.54) is 7.11 Å². The average molecular weight is 319 g/mol. The van der Waals surface area contributed by atoms with Crippen molar-refractivity contribution in [1.82, 2.24) is 4.31 Å². The van der Waals surface area contributed by atoms with Crippen LogP contribution in [0.1, 0.15) is 6.42 Å². The van der Waals surface area contributed by atoms with E-state index in [2.05, 4.69) is 0 Å². The van der Waals surface area contributed by atoms with Gasteiger partial charge in [0.15, 0.2) is 11.6 Å². The zero-order valence-corrected chi connectivity index (χ0v) is 11.9. The van der Waals surface area contributed by atoms with Crippen LogP contribution < -0.4 is 4.74 Å². The number of hydrogen-bond acceptors (Lipinski definition) is 5. The van der Waals surface area contributed by atoms with Crippen LogP contribution in [0.5, 0.6) is 5.75 Å². The Morgan fingerprint density at radius 1 is 1.48 bits per heavy atom. The number of hydrogen-bond donors (Lipinski definition) is 2. The van der Waals surface area contributed by atoms with E-state index >= 15 is 0 Å². The van der Waals surface area contributed by atoms with Gasteiger partial charge in [0.25, 0.3) is 0 Å². The van der Waals surface area contributed by atoms with Crippen LogP contribution in [0, 0.1) is 5.82 Å². The number of carboxylic acids is 1. The van der Waals surface area contributed by atoms with Gasteiger partial charge in [-0.25, -0.2) is 12.8 Å². The molecule has 116 valence electrons. The van der Waals surface area contributed by atoms with E-state index < -0.39 is 34.0 Å². The van der Waals surface area contributed by atoms with Crippen molar-refractivity contribution in [2.24, 2.45) is 0 Å². The normalized spacial score (nSPS) is 23.2. The van der Waals surface area contributed by atoms with E-state index in [9.17, 15) is 22.7 Å². The molecule has 1 saturated heterocycles. The molecule has 1 aromatic carbocycles. The Morgan fingerprint density at radius 2 is 2.14 bits per heavy atom. The van der Waals surface area contributed by atoms with Gasteiger partial charge >= 0.3 is 5.97 Å². The minimum absolute atomic E-state index is 0.120. The van der Waals surface area contributed by atoms with E-state index in [1.54, 1.807) is 0 Å². The Bertz CT molecular complexity index is 662. The highest BCUT2D eigenvalue weighted by Crippen LogP contribution is 2.28. The van der Waals surface area contributed by atoms with Crippen molar-refractivity contribution < 1.29 is 32.6 Å². The maximum atomic E-state index is 13.6. The molecule has 2 N–H and O–H groups in total. The van der Waals surface area contributed by atoms with Crippen LogP contribution in [0.2, 0.25) is 0 Å². The van der Waals surface area contributed by atoms with E-state index in [4.69, 9.17) is 9.84 Å². The lowest BCUT2D eigenvalue weighted by molar-refractivity contribution is -0.140. The van der Waals surface area contributed by atoms with Crippen molar-refractivity contribution >= 4 is 16.0 Å². The summed E-state index contributed by atoms with van der Waals surface area (Å²) in [5.41, 5.74) is 0. The summed E-state index contributed by atoms with van der Waals surface area (Å²) in [6, 6.07) is 1.67. The third-order valence-corrected chi connectivity index (χ3v) is 5.12. The molecule has 0 spiro atoms. The second-order valence-electron chi connectivity index (χ2n) is 4.61. The van der Waals surface area contributed by atoms with Crippen LogP contribution in [0.25, 0.3) is 0 Å². The van der Waals surface area contributed by atoms with Crippen molar-refractivity contribution in [2.45, 2.75) is 23.5 Å². The number of halogens is 1. The minimum Gasteiger partial charge on any atom is -0.494 e. The van der Waals surface area contributed by atoms with Crippen LogP contribution in [0.3, 0.4) is 0 Å². The van der Waals surface area contributed by atoms with E-state index in [0.717, 1.165) is 18.2 Å². The number of nitrogens with zero attached hydrogens (tertiary/aromatic N) is 1. The zero-order valence-electron chi connectivity index (χ0n) is 11.1. The van der Waals surface area contributed by atoms with Crippen molar-refractivity contribution in [3.8, 4) is 5.75 Å².